The van der Waals surface area contributed by atoms with E-state index in [0.29, 0.717) is 13.0 Å². The van der Waals surface area contributed by atoms with Crippen molar-refractivity contribution in [2.45, 2.75) is 64.2 Å². The van der Waals surface area contributed by atoms with Gasteiger partial charge in [0.2, 0.25) is 5.91 Å². The fraction of sp³-hybridized carbons (Fsp3) is 0.882. The molecule has 1 unspecified atom stereocenters. The molecule has 21 heavy (non-hydrogen) atoms. The SMILES string of the molecule is COC(=O)C1CCCN(C(=O)CCCC2CCCCC2)C1. The lowest BCUT2D eigenvalue weighted by molar-refractivity contribution is -0.149. The molecule has 1 aliphatic heterocycles. The molecule has 0 spiro atoms. The maximum Gasteiger partial charge on any atom is 0.310 e. The van der Waals surface area contributed by atoms with Gasteiger partial charge in [0.15, 0.2) is 0 Å². The fourth-order valence-electron chi connectivity index (χ4n) is 3.74. The minimum atomic E-state index is -0.172. The van der Waals surface area contributed by atoms with Crippen molar-refractivity contribution < 1.29 is 14.3 Å². The number of rotatable bonds is 5. The molecule has 1 saturated carbocycles. The fourth-order valence-corrected chi connectivity index (χ4v) is 3.74. The quantitative estimate of drug-likeness (QED) is 0.732. The van der Waals surface area contributed by atoms with Gasteiger partial charge in [0.05, 0.1) is 13.0 Å². The number of hydrogen-bond acceptors (Lipinski definition) is 3. The minimum Gasteiger partial charge on any atom is -0.469 e. The number of amides is 1. The van der Waals surface area contributed by atoms with Gasteiger partial charge in [0, 0.05) is 19.5 Å². The molecule has 1 aliphatic carbocycles. The molecule has 120 valence electrons. The Morgan fingerprint density at radius 2 is 1.86 bits per heavy atom. The van der Waals surface area contributed by atoms with Gasteiger partial charge in [-0.3, -0.25) is 9.59 Å². The second-order valence-corrected chi connectivity index (χ2v) is 6.60. The number of carbonyl (C=O) groups is 2. The first-order chi connectivity index (χ1) is 10.2. The van der Waals surface area contributed by atoms with E-state index in [4.69, 9.17) is 4.74 Å². The van der Waals surface area contributed by atoms with Crippen LogP contribution < -0.4 is 0 Å². The van der Waals surface area contributed by atoms with Crippen LogP contribution in [0.3, 0.4) is 0 Å². The first kappa shape index (κ1) is 16.3. The van der Waals surface area contributed by atoms with E-state index in [1.807, 2.05) is 4.90 Å². The second-order valence-electron chi connectivity index (χ2n) is 6.60. The summed E-state index contributed by atoms with van der Waals surface area (Å²) in [5, 5.41) is 0. The van der Waals surface area contributed by atoms with Crippen molar-refractivity contribution in [3.63, 3.8) is 0 Å². The van der Waals surface area contributed by atoms with Crippen LogP contribution in [0, 0.1) is 11.8 Å². The van der Waals surface area contributed by atoms with E-state index >= 15 is 0 Å². The molecule has 1 heterocycles. The lowest BCUT2D eigenvalue weighted by Crippen LogP contribution is -2.42. The van der Waals surface area contributed by atoms with Gasteiger partial charge in [-0.05, 0) is 31.6 Å². The topological polar surface area (TPSA) is 46.6 Å². The van der Waals surface area contributed by atoms with Crippen LogP contribution in [0.25, 0.3) is 0 Å². The molecule has 0 N–H and O–H groups in total. The number of nitrogens with zero attached hydrogens (tertiary/aromatic N) is 1. The van der Waals surface area contributed by atoms with Crippen molar-refractivity contribution in [3.05, 3.63) is 0 Å². The average Bonchev–Trinajstić information content (AvgIpc) is 2.55. The second kappa shape index (κ2) is 8.40. The van der Waals surface area contributed by atoms with Crippen LogP contribution in [-0.4, -0.2) is 37.0 Å². The number of hydrogen-bond donors (Lipinski definition) is 0. The Hall–Kier alpha value is -1.06. The lowest BCUT2D eigenvalue weighted by atomic mass is 9.86. The molecule has 4 nitrogen and oxygen atoms in total. The summed E-state index contributed by atoms with van der Waals surface area (Å²) >= 11 is 0. The smallest absolute Gasteiger partial charge is 0.310 e. The van der Waals surface area contributed by atoms with Crippen molar-refractivity contribution >= 4 is 11.9 Å². The molecule has 2 aliphatic rings. The molecule has 0 aromatic rings. The van der Waals surface area contributed by atoms with Crippen LogP contribution in [0.2, 0.25) is 0 Å². The maximum absolute atomic E-state index is 12.3. The maximum atomic E-state index is 12.3. The minimum absolute atomic E-state index is 0.119. The largest absolute Gasteiger partial charge is 0.469 e. The number of ether oxygens (including phenoxy) is 1. The zero-order chi connectivity index (χ0) is 15.1. The highest BCUT2D eigenvalue weighted by Gasteiger charge is 2.28. The molecule has 4 heteroatoms. The highest BCUT2D eigenvalue weighted by Crippen LogP contribution is 2.28. The summed E-state index contributed by atoms with van der Waals surface area (Å²) in [7, 11) is 1.42. The normalized spacial score (nSPS) is 23.9. The van der Waals surface area contributed by atoms with Gasteiger partial charge in [0.25, 0.3) is 0 Å². The third-order valence-corrected chi connectivity index (χ3v) is 5.04. The first-order valence-corrected chi connectivity index (χ1v) is 8.56. The summed E-state index contributed by atoms with van der Waals surface area (Å²) in [6, 6.07) is 0. The predicted molar refractivity (Wildman–Crippen MR) is 81.7 cm³/mol. The van der Waals surface area contributed by atoms with Gasteiger partial charge in [-0.25, -0.2) is 0 Å². The van der Waals surface area contributed by atoms with Crippen molar-refractivity contribution in [3.8, 4) is 0 Å². The Morgan fingerprint density at radius 1 is 1.10 bits per heavy atom. The highest BCUT2D eigenvalue weighted by atomic mass is 16.5. The van der Waals surface area contributed by atoms with Crippen molar-refractivity contribution in [1.82, 2.24) is 4.90 Å². The van der Waals surface area contributed by atoms with E-state index < -0.39 is 0 Å². The van der Waals surface area contributed by atoms with Crippen LogP contribution >= 0.6 is 0 Å². The monoisotopic (exact) mass is 295 g/mol. The number of carbonyl (C=O) groups excluding carboxylic acids is 2. The van der Waals surface area contributed by atoms with Gasteiger partial charge in [-0.1, -0.05) is 32.1 Å². The Labute approximate surface area is 128 Å². The van der Waals surface area contributed by atoms with Crippen LogP contribution in [0.15, 0.2) is 0 Å². The third kappa shape index (κ3) is 5.01. The predicted octanol–water partition coefficient (Wildman–Crippen LogP) is 3.15. The van der Waals surface area contributed by atoms with Crippen LogP contribution in [0.4, 0.5) is 0 Å². The van der Waals surface area contributed by atoms with E-state index in [1.54, 1.807) is 0 Å². The van der Waals surface area contributed by atoms with Gasteiger partial charge in [-0.2, -0.15) is 0 Å². The molecule has 1 saturated heterocycles. The molecule has 0 bridgehead atoms. The first-order valence-electron chi connectivity index (χ1n) is 8.56. The Morgan fingerprint density at radius 3 is 2.57 bits per heavy atom. The highest BCUT2D eigenvalue weighted by molar-refractivity contribution is 5.78. The number of likely N-dealkylation sites (tertiary alicyclic amines) is 1. The summed E-state index contributed by atoms with van der Waals surface area (Å²) in [6.45, 7) is 1.35. The van der Waals surface area contributed by atoms with Crippen LogP contribution in [0.1, 0.15) is 64.2 Å². The summed E-state index contributed by atoms with van der Waals surface area (Å²) in [6.07, 6.45) is 11.4. The standard InChI is InChI=1S/C17H29NO3/c1-21-17(20)15-10-6-12-18(13-15)16(19)11-5-9-14-7-3-2-4-8-14/h14-15H,2-13H2,1H3. The van der Waals surface area contributed by atoms with Crippen molar-refractivity contribution in [1.29, 1.82) is 0 Å². The van der Waals surface area contributed by atoms with E-state index in [2.05, 4.69) is 0 Å². The zero-order valence-corrected chi connectivity index (χ0v) is 13.3. The van der Waals surface area contributed by atoms with Gasteiger partial charge in [-0.15, -0.1) is 0 Å². The lowest BCUT2D eigenvalue weighted by Gasteiger charge is -2.31. The summed E-state index contributed by atoms with van der Waals surface area (Å²) in [5.74, 6) is 0.774. The number of esters is 1. The molecular formula is C17H29NO3. The molecule has 2 rings (SSSR count). The number of piperidine rings is 1. The summed E-state index contributed by atoms with van der Waals surface area (Å²) < 4.78 is 4.80. The summed E-state index contributed by atoms with van der Waals surface area (Å²) in [4.78, 5) is 25.7. The Kier molecular flexibility index (Phi) is 6.52. The van der Waals surface area contributed by atoms with E-state index in [1.165, 1.54) is 45.6 Å². The number of methoxy groups -OCH3 is 1. The zero-order valence-electron chi connectivity index (χ0n) is 13.3. The van der Waals surface area contributed by atoms with Gasteiger partial charge < -0.3 is 9.64 Å². The van der Waals surface area contributed by atoms with Gasteiger partial charge in [0.1, 0.15) is 0 Å². The molecule has 0 aromatic carbocycles. The molecule has 1 atom stereocenters. The molecule has 2 fully saturated rings. The van der Waals surface area contributed by atoms with E-state index in [-0.39, 0.29) is 17.8 Å². The van der Waals surface area contributed by atoms with E-state index in [0.717, 1.165) is 31.7 Å². The Bertz CT molecular complexity index is 350. The molecule has 1 amide bonds. The molecule has 0 radical (unpaired) electrons. The molecular weight excluding hydrogens is 266 g/mol. The molecule has 0 aromatic heterocycles. The summed E-state index contributed by atoms with van der Waals surface area (Å²) in [5.41, 5.74) is 0. The average molecular weight is 295 g/mol. The van der Waals surface area contributed by atoms with Gasteiger partial charge >= 0.3 is 5.97 Å². The van der Waals surface area contributed by atoms with Crippen molar-refractivity contribution in [2.24, 2.45) is 11.8 Å². The van der Waals surface area contributed by atoms with Crippen LogP contribution in [-0.2, 0) is 14.3 Å². The van der Waals surface area contributed by atoms with Crippen LogP contribution in [0.5, 0.6) is 0 Å². The van der Waals surface area contributed by atoms with E-state index in [9.17, 15) is 9.59 Å². The third-order valence-electron chi connectivity index (χ3n) is 5.04. The van der Waals surface area contributed by atoms with Crippen molar-refractivity contribution in [2.75, 3.05) is 20.2 Å². The Balaban J connectivity index is 1.68.